The first-order valence-electron chi connectivity index (χ1n) is 9.96. The minimum atomic E-state index is -3.67. The Kier molecular flexibility index (Phi) is 6.28. The van der Waals surface area contributed by atoms with E-state index in [0.29, 0.717) is 5.69 Å². The molecule has 1 saturated carbocycles. The second-order valence-electron chi connectivity index (χ2n) is 8.17. The summed E-state index contributed by atoms with van der Waals surface area (Å²) in [6.45, 7) is 1.05. The second kappa shape index (κ2) is 8.39. The second-order valence-corrected chi connectivity index (χ2v) is 10.2. The van der Waals surface area contributed by atoms with E-state index in [1.54, 1.807) is 6.92 Å². The molecule has 1 N–H and O–H groups in total. The van der Waals surface area contributed by atoms with E-state index in [4.69, 9.17) is 0 Å². The maximum Gasteiger partial charge on any atom is 0.247 e. The van der Waals surface area contributed by atoms with Gasteiger partial charge in [-0.15, -0.1) is 0 Å². The lowest BCUT2D eigenvalue weighted by molar-refractivity contribution is -0.133. The number of amides is 2. The van der Waals surface area contributed by atoms with Crippen LogP contribution in [0.2, 0.25) is 0 Å². The number of piperazine rings is 1. The Hall–Kier alpha value is -2.00. The summed E-state index contributed by atoms with van der Waals surface area (Å²) >= 11 is 0. The quantitative estimate of drug-likeness (QED) is 0.748. The maximum atomic E-state index is 13.4. The summed E-state index contributed by atoms with van der Waals surface area (Å²) in [5, 5.41) is 3.04. The van der Waals surface area contributed by atoms with Crippen LogP contribution in [0.25, 0.3) is 0 Å². The Morgan fingerprint density at radius 2 is 1.72 bits per heavy atom. The molecular formula is C20H28FN3O4S. The zero-order chi connectivity index (χ0) is 21.2. The van der Waals surface area contributed by atoms with Gasteiger partial charge in [-0.05, 0) is 44.0 Å². The van der Waals surface area contributed by atoms with Gasteiger partial charge in [0.15, 0.2) is 0 Å². The molecule has 2 fully saturated rings. The molecule has 29 heavy (non-hydrogen) atoms. The van der Waals surface area contributed by atoms with Gasteiger partial charge >= 0.3 is 0 Å². The van der Waals surface area contributed by atoms with Crippen LogP contribution in [-0.2, 0) is 19.6 Å². The summed E-state index contributed by atoms with van der Waals surface area (Å²) in [5.74, 6) is -1.37. The Labute approximate surface area is 171 Å². The summed E-state index contributed by atoms with van der Waals surface area (Å²) < 4.78 is 38.7. The van der Waals surface area contributed by atoms with Crippen LogP contribution >= 0.6 is 0 Å². The predicted octanol–water partition coefficient (Wildman–Crippen LogP) is 2.03. The molecule has 1 aromatic carbocycles. The van der Waals surface area contributed by atoms with Gasteiger partial charge in [0.1, 0.15) is 11.4 Å². The van der Waals surface area contributed by atoms with Gasteiger partial charge < -0.3 is 5.32 Å². The molecule has 3 rings (SSSR count). The molecule has 0 bridgehead atoms. The Bertz CT molecular complexity index is 866. The van der Waals surface area contributed by atoms with Gasteiger partial charge in [0, 0.05) is 18.3 Å². The Morgan fingerprint density at radius 3 is 2.28 bits per heavy atom. The highest BCUT2D eigenvalue weighted by Gasteiger charge is 2.50. The van der Waals surface area contributed by atoms with Crippen molar-refractivity contribution in [2.75, 3.05) is 24.2 Å². The fourth-order valence-corrected chi connectivity index (χ4v) is 4.99. The molecule has 0 spiro atoms. The monoisotopic (exact) mass is 425 g/mol. The van der Waals surface area contributed by atoms with E-state index in [1.165, 1.54) is 29.2 Å². The third kappa shape index (κ3) is 4.78. The van der Waals surface area contributed by atoms with Crippen LogP contribution in [0.5, 0.6) is 0 Å². The largest absolute Gasteiger partial charge is 0.351 e. The van der Waals surface area contributed by atoms with Crippen LogP contribution in [0.15, 0.2) is 24.3 Å². The molecule has 160 valence electrons. The lowest BCUT2D eigenvalue weighted by atomic mass is 9.93. The first kappa shape index (κ1) is 21.7. The number of halogens is 1. The van der Waals surface area contributed by atoms with Gasteiger partial charge in [0.2, 0.25) is 21.8 Å². The molecule has 7 nitrogen and oxygen atoms in total. The van der Waals surface area contributed by atoms with Crippen molar-refractivity contribution in [1.29, 1.82) is 0 Å². The van der Waals surface area contributed by atoms with Crippen LogP contribution in [-0.4, -0.2) is 55.5 Å². The van der Waals surface area contributed by atoms with Crippen LogP contribution < -0.4 is 10.2 Å². The number of rotatable bonds is 4. The van der Waals surface area contributed by atoms with E-state index in [9.17, 15) is 22.4 Å². The summed E-state index contributed by atoms with van der Waals surface area (Å²) in [6, 6.07) is 5.30. The van der Waals surface area contributed by atoms with Crippen molar-refractivity contribution in [3.05, 3.63) is 30.1 Å². The third-order valence-corrected chi connectivity index (χ3v) is 6.97. The van der Waals surface area contributed by atoms with Crippen molar-refractivity contribution in [3.63, 3.8) is 0 Å². The summed E-state index contributed by atoms with van der Waals surface area (Å²) in [4.78, 5) is 27.6. The topological polar surface area (TPSA) is 86.8 Å². The first-order chi connectivity index (χ1) is 13.6. The number of nitrogens with zero attached hydrogens (tertiary/aromatic N) is 2. The van der Waals surface area contributed by atoms with Crippen LogP contribution in [0.3, 0.4) is 0 Å². The first-order valence-corrected chi connectivity index (χ1v) is 11.8. The van der Waals surface area contributed by atoms with Crippen LogP contribution in [0, 0.1) is 5.82 Å². The smallest absolute Gasteiger partial charge is 0.247 e. The van der Waals surface area contributed by atoms with Crippen molar-refractivity contribution in [2.24, 2.45) is 0 Å². The average molecular weight is 426 g/mol. The molecule has 1 aliphatic carbocycles. The molecule has 1 atom stereocenters. The molecule has 1 heterocycles. The number of anilines is 1. The molecule has 0 unspecified atom stereocenters. The van der Waals surface area contributed by atoms with Gasteiger partial charge in [-0.2, -0.15) is 4.31 Å². The van der Waals surface area contributed by atoms with Gasteiger partial charge in [0.05, 0.1) is 12.8 Å². The summed E-state index contributed by atoms with van der Waals surface area (Å²) in [7, 11) is -3.67. The molecule has 0 radical (unpaired) electrons. The van der Waals surface area contributed by atoms with E-state index in [-0.39, 0.29) is 19.1 Å². The van der Waals surface area contributed by atoms with Crippen molar-refractivity contribution in [2.45, 2.75) is 57.0 Å². The summed E-state index contributed by atoms with van der Waals surface area (Å²) in [6.07, 6.45) is 7.06. The van der Waals surface area contributed by atoms with Gasteiger partial charge in [-0.1, -0.05) is 25.7 Å². The van der Waals surface area contributed by atoms with E-state index in [1.807, 2.05) is 0 Å². The van der Waals surface area contributed by atoms with Crippen molar-refractivity contribution in [1.82, 2.24) is 9.62 Å². The molecular weight excluding hydrogens is 397 g/mol. The lowest BCUT2D eigenvalue weighted by Gasteiger charge is -2.46. The highest BCUT2D eigenvalue weighted by Crippen LogP contribution is 2.31. The third-order valence-electron chi connectivity index (χ3n) is 5.77. The molecule has 1 saturated heterocycles. The highest BCUT2D eigenvalue weighted by atomic mass is 32.2. The molecule has 1 aromatic rings. The average Bonchev–Trinajstić information content (AvgIpc) is 2.90. The van der Waals surface area contributed by atoms with E-state index >= 15 is 0 Å². The maximum absolute atomic E-state index is 13.4. The number of nitrogens with one attached hydrogen (secondary N) is 1. The number of carbonyl (C=O) groups is 2. The van der Waals surface area contributed by atoms with E-state index in [2.05, 4.69) is 5.32 Å². The zero-order valence-corrected chi connectivity index (χ0v) is 17.7. The van der Waals surface area contributed by atoms with Gasteiger partial charge in [-0.25, -0.2) is 12.8 Å². The Morgan fingerprint density at radius 1 is 1.14 bits per heavy atom. The SMILES string of the molecule is C[C@]1(C(=O)NC2CCCCCC2)CN(S(C)(=O)=O)CC(=O)N1c1ccc(F)cc1. The van der Waals surface area contributed by atoms with Crippen LogP contribution in [0.1, 0.15) is 45.4 Å². The Balaban J connectivity index is 1.95. The van der Waals surface area contributed by atoms with E-state index < -0.39 is 33.2 Å². The summed E-state index contributed by atoms with van der Waals surface area (Å²) in [5.41, 5.74) is -1.08. The minimum absolute atomic E-state index is 0.000560. The zero-order valence-electron chi connectivity index (χ0n) is 16.9. The molecule has 1 aliphatic heterocycles. The standard InChI is InChI=1S/C20H28FN3O4S/c1-20(19(26)22-16-7-5-3-4-6-8-16)14-23(29(2,27)28)13-18(25)24(20)17-11-9-15(21)10-12-17/h9-12,16H,3-8,13-14H2,1-2H3,(H,22,26)/t20-/m1/s1. The number of benzene rings is 1. The molecule has 9 heteroatoms. The van der Waals surface area contributed by atoms with Gasteiger partial charge in [0.25, 0.3) is 0 Å². The number of sulfonamides is 1. The lowest BCUT2D eigenvalue weighted by Crippen LogP contribution is -2.70. The molecule has 2 aliphatic rings. The fourth-order valence-electron chi connectivity index (χ4n) is 4.16. The number of carbonyl (C=O) groups excluding carboxylic acids is 2. The normalized spacial score (nSPS) is 24.9. The van der Waals surface area contributed by atoms with Gasteiger partial charge in [-0.3, -0.25) is 14.5 Å². The van der Waals surface area contributed by atoms with Crippen molar-refractivity contribution in [3.8, 4) is 0 Å². The number of hydrogen-bond donors (Lipinski definition) is 1. The fraction of sp³-hybridized carbons (Fsp3) is 0.600. The molecule has 0 aromatic heterocycles. The van der Waals surface area contributed by atoms with E-state index in [0.717, 1.165) is 49.1 Å². The molecule has 2 amide bonds. The highest BCUT2D eigenvalue weighted by molar-refractivity contribution is 7.88. The van der Waals surface area contributed by atoms with Crippen molar-refractivity contribution < 1.29 is 22.4 Å². The van der Waals surface area contributed by atoms with Crippen molar-refractivity contribution >= 4 is 27.5 Å². The van der Waals surface area contributed by atoms with Crippen LogP contribution in [0.4, 0.5) is 10.1 Å². The number of hydrogen-bond acceptors (Lipinski definition) is 4. The minimum Gasteiger partial charge on any atom is -0.351 e. The predicted molar refractivity (Wildman–Crippen MR) is 108 cm³/mol.